The number of fused-ring (bicyclic) bond motifs is 2. The fourth-order valence-electron chi connectivity index (χ4n) is 3.77. The van der Waals surface area contributed by atoms with Crippen molar-refractivity contribution >= 4 is 11.0 Å². The van der Waals surface area contributed by atoms with Gasteiger partial charge in [-0.15, -0.1) is 0 Å². The van der Waals surface area contributed by atoms with Crippen LogP contribution in [0.15, 0.2) is 36.8 Å². The Hall–Kier alpha value is -3.29. The molecule has 1 aliphatic carbocycles. The normalized spacial score (nSPS) is 17.1. The molecule has 1 saturated carbocycles. The topological polar surface area (TPSA) is 81.5 Å². The van der Waals surface area contributed by atoms with Gasteiger partial charge >= 0.3 is 0 Å². The number of pyridine rings is 2. The molecule has 2 aliphatic rings. The summed E-state index contributed by atoms with van der Waals surface area (Å²) in [6, 6.07) is 4.97. The van der Waals surface area contributed by atoms with Crippen LogP contribution >= 0.6 is 0 Å². The van der Waals surface area contributed by atoms with Crippen molar-refractivity contribution in [1.29, 1.82) is 0 Å². The van der Waals surface area contributed by atoms with Crippen LogP contribution in [0.4, 0.5) is 4.39 Å². The first-order valence-corrected chi connectivity index (χ1v) is 8.86. The molecule has 5 heterocycles. The van der Waals surface area contributed by atoms with E-state index in [9.17, 15) is 4.39 Å². The summed E-state index contributed by atoms with van der Waals surface area (Å²) in [7, 11) is 0. The zero-order valence-corrected chi connectivity index (χ0v) is 14.3. The van der Waals surface area contributed by atoms with Gasteiger partial charge in [0.2, 0.25) is 5.88 Å². The second kappa shape index (κ2) is 5.12. The summed E-state index contributed by atoms with van der Waals surface area (Å²) in [5.41, 5.74) is 3.96. The van der Waals surface area contributed by atoms with Crippen LogP contribution in [0.1, 0.15) is 12.8 Å². The number of halogens is 1. The van der Waals surface area contributed by atoms with Gasteiger partial charge in [-0.2, -0.15) is 10.2 Å². The lowest BCUT2D eigenvalue weighted by molar-refractivity contribution is 0.149. The lowest BCUT2D eigenvalue weighted by atomic mass is 10.0. The maximum Gasteiger partial charge on any atom is 0.220 e. The maximum absolute atomic E-state index is 13.4. The number of aromatic amines is 1. The molecule has 0 saturated heterocycles. The number of aromatic nitrogens is 6. The van der Waals surface area contributed by atoms with Crippen molar-refractivity contribution in [3.8, 4) is 28.4 Å². The monoisotopic (exact) mass is 362 g/mol. The fourth-order valence-corrected chi connectivity index (χ4v) is 3.77. The molecule has 1 aliphatic heterocycles. The standard InChI is InChI=1S/C19H15FN6O/c20-11-1-2-14(22-7-11)16-15(12-3-6-21-17-13(12)8-23-24-17)18-26(25-16)9-19(4-5-19)10-27-18/h1-3,6-8H,4-5,9-10H2,(H,21,23,24). The van der Waals surface area contributed by atoms with E-state index in [0.29, 0.717) is 23.6 Å². The predicted molar refractivity (Wildman–Crippen MR) is 95.5 cm³/mol. The molecule has 4 aromatic rings. The van der Waals surface area contributed by atoms with E-state index in [1.54, 1.807) is 18.5 Å². The maximum atomic E-state index is 13.4. The molecule has 0 radical (unpaired) electrons. The Kier molecular flexibility index (Phi) is 2.81. The molecule has 7 nitrogen and oxygen atoms in total. The van der Waals surface area contributed by atoms with E-state index in [2.05, 4.69) is 20.2 Å². The van der Waals surface area contributed by atoms with Gasteiger partial charge in [0.1, 0.15) is 11.5 Å². The van der Waals surface area contributed by atoms with Gasteiger partial charge in [-0.25, -0.2) is 14.1 Å². The zero-order chi connectivity index (χ0) is 18.0. The van der Waals surface area contributed by atoms with Gasteiger partial charge in [-0.05, 0) is 31.0 Å². The lowest BCUT2D eigenvalue weighted by Crippen LogP contribution is -2.27. The summed E-state index contributed by atoms with van der Waals surface area (Å²) in [4.78, 5) is 8.57. The van der Waals surface area contributed by atoms with Gasteiger partial charge in [-0.1, -0.05) is 0 Å². The summed E-state index contributed by atoms with van der Waals surface area (Å²) in [5.74, 6) is 0.348. The molecule has 0 unspecified atom stereocenters. The molecular formula is C19H15FN6O. The Morgan fingerprint density at radius 2 is 2.07 bits per heavy atom. The average molecular weight is 362 g/mol. The minimum Gasteiger partial charge on any atom is -0.477 e. The van der Waals surface area contributed by atoms with Gasteiger partial charge in [0, 0.05) is 22.6 Å². The van der Waals surface area contributed by atoms with Crippen LogP contribution in [0.25, 0.3) is 33.5 Å². The second-order valence-corrected chi connectivity index (χ2v) is 7.33. The molecule has 134 valence electrons. The molecule has 4 aromatic heterocycles. The van der Waals surface area contributed by atoms with Crippen molar-refractivity contribution < 1.29 is 9.13 Å². The molecule has 27 heavy (non-hydrogen) atoms. The van der Waals surface area contributed by atoms with Crippen LogP contribution in [0.2, 0.25) is 0 Å². The first-order chi connectivity index (χ1) is 13.2. The van der Waals surface area contributed by atoms with Gasteiger partial charge in [0.25, 0.3) is 0 Å². The van der Waals surface area contributed by atoms with Gasteiger partial charge in [0.15, 0.2) is 5.65 Å². The van der Waals surface area contributed by atoms with Crippen LogP contribution in [0, 0.1) is 11.2 Å². The summed E-state index contributed by atoms with van der Waals surface area (Å²) in [6.45, 7) is 1.53. The van der Waals surface area contributed by atoms with E-state index < -0.39 is 0 Å². The first-order valence-electron chi connectivity index (χ1n) is 8.86. The van der Waals surface area contributed by atoms with Crippen molar-refractivity contribution in [2.45, 2.75) is 19.4 Å². The van der Waals surface area contributed by atoms with Crippen LogP contribution in [-0.2, 0) is 6.54 Å². The van der Waals surface area contributed by atoms with Crippen molar-refractivity contribution in [2.75, 3.05) is 6.61 Å². The van der Waals surface area contributed by atoms with Gasteiger partial charge in [-0.3, -0.25) is 10.1 Å². The van der Waals surface area contributed by atoms with Crippen molar-refractivity contribution in [3.63, 3.8) is 0 Å². The zero-order valence-electron chi connectivity index (χ0n) is 14.3. The number of H-pyrrole nitrogens is 1. The Morgan fingerprint density at radius 1 is 1.15 bits per heavy atom. The third-order valence-electron chi connectivity index (χ3n) is 5.46. The molecule has 0 amide bonds. The highest BCUT2D eigenvalue weighted by molar-refractivity contribution is 5.98. The van der Waals surface area contributed by atoms with E-state index in [-0.39, 0.29) is 11.2 Å². The molecule has 8 heteroatoms. The summed E-state index contributed by atoms with van der Waals surface area (Å²) in [6.07, 6.45) is 7.00. The fraction of sp³-hybridized carbons (Fsp3) is 0.263. The molecule has 1 N–H and O–H groups in total. The van der Waals surface area contributed by atoms with E-state index >= 15 is 0 Å². The number of hydrogen-bond acceptors (Lipinski definition) is 5. The van der Waals surface area contributed by atoms with E-state index in [1.807, 2.05) is 10.7 Å². The van der Waals surface area contributed by atoms with E-state index in [0.717, 1.165) is 41.8 Å². The lowest BCUT2D eigenvalue weighted by Gasteiger charge is -2.24. The highest BCUT2D eigenvalue weighted by atomic mass is 19.1. The van der Waals surface area contributed by atoms with Crippen LogP contribution < -0.4 is 4.74 Å². The van der Waals surface area contributed by atoms with E-state index in [1.165, 1.54) is 12.3 Å². The summed E-state index contributed by atoms with van der Waals surface area (Å²) >= 11 is 0. The number of nitrogens with one attached hydrogen (secondary N) is 1. The van der Waals surface area contributed by atoms with Crippen molar-refractivity contribution in [3.05, 3.63) is 42.6 Å². The first kappa shape index (κ1) is 14.8. The minimum absolute atomic E-state index is 0.215. The molecule has 1 fully saturated rings. The largest absolute Gasteiger partial charge is 0.477 e. The van der Waals surface area contributed by atoms with Crippen molar-refractivity contribution in [1.82, 2.24) is 29.9 Å². The number of hydrogen-bond donors (Lipinski definition) is 1. The minimum atomic E-state index is -0.376. The van der Waals surface area contributed by atoms with E-state index in [4.69, 9.17) is 9.84 Å². The summed E-state index contributed by atoms with van der Waals surface area (Å²) in [5, 5.41) is 12.7. The van der Waals surface area contributed by atoms with Crippen LogP contribution in [0.5, 0.6) is 5.88 Å². The van der Waals surface area contributed by atoms with Gasteiger partial charge < -0.3 is 4.74 Å². The predicted octanol–water partition coefficient (Wildman–Crippen LogP) is 3.20. The average Bonchev–Trinajstić information content (AvgIpc) is 3.11. The highest BCUT2D eigenvalue weighted by Gasteiger charge is 2.48. The quantitative estimate of drug-likeness (QED) is 0.592. The summed E-state index contributed by atoms with van der Waals surface area (Å²) < 4.78 is 21.5. The molecule has 1 spiro atoms. The number of ether oxygens (including phenoxy) is 1. The SMILES string of the molecule is Fc1ccc(-c2nn3c(c2-c2ccnc4[nH]ncc24)OCC2(CC2)C3)nc1. The van der Waals surface area contributed by atoms with Crippen molar-refractivity contribution in [2.24, 2.45) is 5.41 Å². The molecule has 6 rings (SSSR count). The van der Waals surface area contributed by atoms with Crippen LogP contribution in [-0.4, -0.2) is 36.6 Å². The molecule has 0 bridgehead atoms. The smallest absolute Gasteiger partial charge is 0.220 e. The Balaban J connectivity index is 1.62. The highest BCUT2D eigenvalue weighted by Crippen LogP contribution is 2.52. The third kappa shape index (κ3) is 2.19. The Morgan fingerprint density at radius 3 is 2.89 bits per heavy atom. The number of rotatable bonds is 2. The Labute approximate surface area is 153 Å². The van der Waals surface area contributed by atoms with Gasteiger partial charge in [0.05, 0.1) is 36.8 Å². The molecule has 0 atom stereocenters. The Bertz CT molecular complexity index is 1170. The number of nitrogens with zero attached hydrogens (tertiary/aromatic N) is 5. The molecular weight excluding hydrogens is 347 g/mol. The second-order valence-electron chi connectivity index (χ2n) is 7.33. The molecule has 0 aromatic carbocycles. The van der Waals surface area contributed by atoms with Crippen LogP contribution in [0.3, 0.4) is 0 Å². The third-order valence-corrected chi connectivity index (χ3v) is 5.46.